The molecule has 1 atom stereocenters. The summed E-state index contributed by atoms with van der Waals surface area (Å²) < 4.78 is 0. The molecule has 1 unspecified atom stereocenters. The lowest BCUT2D eigenvalue weighted by molar-refractivity contribution is 0.588. The van der Waals surface area contributed by atoms with Crippen LogP contribution in [0.15, 0.2) is 36.7 Å². The van der Waals surface area contributed by atoms with Crippen molar-refractivity contribution in [2.75, 3.05) is 12.4 Å². The van der Waals surface area contributed by atoms with E-state index in [0.717, 1.165) is 24.2 Å². The predicted octanol–water partition coefficient (Wildman–Crippen LogP) is 2.99. The molecule has 3 rings (SSSR count). The van der Waals surface area contributed by atoms with E-state index in [0.29, 0.717) is 5.92 Å². The zero-order chi connectivity index (χ0) is 12.4. The fourth-order valence-electron chi connectivity index (χ4n) is 2.69. The van der Waals surface area contributed by atoms with Gasteiger partial charge in [-0.15, -0.1) is 0 Å². The van der Waals surface area contributed by atoms with E-state index in [-0.39, 0.29) is 0 Å². The first-order valence-corrected chi connectivity index (χ1v) is 6.46. The lowest BCUT2D eigenvalue weighted by Gasteiger charge is -2.24. The van der Waals surface area contributed by atoms with Crippen LogP contribution >= 0.6 is 0 Å². The number of hydrogen-bond acceptors (Lipinski definition) is 3. The Morgan fingerprint density at radius 3 is 3.06 bits per heavy atom. The standard InChI is InChI=1S/C15H17N3/c1-16-12-7-9-17-14(10-12)13-6-2-4-11-5-3-8-18-15(11)13/h3,5,7-10,13H,2,4,6H2,1H3,(H,16,17). The van der Waals surface area contributed by atoms with Crippen LogP contribution in [0.3, 0.4) is 0 Å². The van der Waals surface area contributed by atoms with Crippen molar-refractivity contribution in [3.8, 4) is 0 Å². The molecule has 0 spiro atoms. The average Bonchev–Trinajstić information content (AvgIpc) is 2.47. The van der Waals surface area contributed by atoms with Gasteiger partial charge in [0.2, 0.25) is 0 Å². The van der Waals surface area contributed by atoms with Crippen molar-refractivity contribution in [2.24, 2.45) is 0 Å². The van der Waals surface area contributed by atoms with Crippen molar-refractivity contribution >= 4 is 5.69 Å². The molecule has 2 aromatic rings. The van der Waals surface area contributed by atoms with Gasteiger partial charge in [0.15, 0.2) is 0 Å². The second kappa shape index (κ2) is 4.77. The smallest absolute Gasteiger partial charge is 0.0526 e. The highest BCUT2D eigenvalue weighted by Gasteiger charge is 2.23. The van der Waals surface area contributed by atoms with Crippen LogP contribution in [0.2, 0.25) is 0 Å². The van der Waals surface area contributed by atoms with Gasteiger partial charge >= 0.3 is 0 Å². The van der Waals surface area contributed by atoms with Gasteiger partial charge in [0, 0.05) is 31.0 Å². The molecule has 1 aliphatic rings. The quantitative estimate of drug-likeness (QED) is 0.875. The minimum atomic E-state index is 0.350. The summed E-state index contributed by atoms with van der Waals surface area (Å²) in [5, 5.41) is 3.17. The van der Waals surface area contributed by atoms with Crippen LogP contribution in [0.5, 0.6) is 0 Å². The van der Waals surface area contributed by atoms with Crippen molar-refractivity contribution < 1.29 is 0 Å². The zero-order valence-electron chi connectivity index (χ0n) is 10.6. The molecule has 0 fully saturated rings. The summed E-state index contributed by atoms with van der Waals surface area (Å²) in [5.74, 6) is 0.350. The molecule has 0 aromatic carbocycles. The summed E-state index contributed by atoms with van der Waals surface area (Å²) in [5.41, 5.74) is 4.83. The molecule has 3 nitrogen and oxygen atoms in total. The third kappa shape index (κ3) is 1.96. The van der Waals surface area contributed by atoms with Gasteiger partial charge in [-0.25, -0.2) is 0 Å². The topological polar surface area (TPSA) is 37.8 Å². The maximum Gasteiger partial charge on any atom is 0.0526 e. The Bertz CT molecular complexity index is 551. The monoisotopic (exact) mass is 239 g/mol. The molecule has 92 valence electrons. The lowest BCUT2D eigenvalue weighted by Crippen LogP contribution is -2.14. The summed E-state index contributed by atoms with van der Waals surface area (Å²) in [7, 11) is 1.94. The van der Waals surface area contributed by atoms with Gasteiger partial charge < -0.3 is 5.32 Å². The summed E-state index contributed by atoms with van der Waals surface area (Å²) in [6.07, 6.45) is 7.27. The molecule has 0 amide bonds. The highest BCUT2D eigenvalue weighted by Crippen LogP contribution is 2.34. The first-order chi connectivity index (χ1) is 8.88. The second-order valence-electron chi connectivity index (χ2n) is 4.71. The van der Waals surface area contributed by atoms with Gasteiger partial charge in [0.25, 0.3) is 0 Å². The van der Waals surface area contributed by atoms with Crippen LogP contribution < -0.4 is 5.32 Å². The maximum absolute atomic E-state index is 4.57. The van der Waals surface area contributed by atoms with E-state index in [2.05, 4.69) is 27.4 Å². The number of nitrogens with one attached hydrogen (secondary N) is 1. The van der Waals surface area contributed by atoms with Crippen LogP contribution in [0.25, 0.3) is 0 Å². The van der Waals surface area contributed by atoms with Crippen molar-refractivity contribution in [1.29, 1.82) is 0 Å². The SMILES string of the molecule is CNc1ccnc(C2CCCc3cccnc32)c1. The number of hydrogen-bond donors (Lipinski definition) is 1. The van der Waals surface area contributed by atoms with Crippen LogP contribution in [0, 0.1) is 0 Å². The zero-order valence-corrected chi connectivity index (χ0v) is 10.6. The molecule has 2 aromatic heterocycles. The van der Waals surface area contributed by atoms with Crippen molar-refractivity contribution in [3.63, 3.8) is 0 Å². The predicted molar refractivity (Wildman–Crippen MR) is 72.8 cm³/mol. The number of fused-ring (bicyclic) bond motifs is 1. The Balaban J connectivity index is 2.02. The Morgan fingerprint density at radius 1 is 1.22 bits per heavy atom. The first-order valence-electron chi connectivity index (χ1n) is 6.46. The lowest BCUT2D eigenvalue weighted by atomic mass is 9.84. The van der Waals surface area contributed by atoms with Crippen LogP contribution in [-0.2, 0) is 6.42 Å². The Morgan fingerprint density at radius 2 is 2.17 bits per heavy atom. The largest absolute Gasteiger partial charge is 0.388 e. The maximum atomic E-state index is 4.57. The molecule has 3 heteroatoms. The molecule has 0 saturated carbocycles. The fraction of sp³-hybridized carbons (Fsp3) is 0.333. The highest BCUT2D eigenvalue weighted by molar-refractivity contribution is 5.45. The van der Waals surface area contributed by atoms with Crippen LogP contribution in [0.1, 0.15) is 35.7 Å². The third-order valence-electron chi connectivity index (χ3n) is 3.62. The molecule has 0 saturated heterocycles. The molecule has 1 N–H and O–H groups in total. The van der Waals surface area contributed by atoms with Crippen molar-refractivity contribution in [3.05, 3.63) is 53.6 Å². The minimum absolute atomic E-state index is 0.350. The number of anilines is 1. The van der Waals surface area contributed by atoms with Crippen molar-refractivity contribution in [2.45, 2.75) is 25.2 Å². The number of nitrogens with zero attached hydrogens (tertiary/aromatic N) is 2. The Labute approximate surface area is 107 Å². The fourth-order valence-corrected chi connectivity index (χ4v) is 2.69. The third-order valence-corrected chi connectivity index (χ3v) is 3.62. The van der Waals surface area contributed by atoms with E-state index in [9.17, 15) is 0 Å². The number of aryl methyl sites for hydroxylation is 1. The van der Waals surface area contributed by atoms with E-state index in [1.54, 1.807) is 0 Å². The highest BCUT2D eigenvalue weighted by atomic mass is 14.8. The van der Waals surface area contributed by atoms with Gasteiger partial charge in [-0.2, -0.15) is 0 Å². The van der Waals surface area contributed by atoms with Crippen molar-refractivity contribution in [1.82, 2.24) is 9.97 Å². The van der Waals surface area contributed by atoms with Gasteiger partial charge in [0.05, 0.1) is 11.4 Å². The number of rotatable bonds is 2. The van der Waals surface area contributed by atoms with E-state index in [4.69, 9.17) is 0 Å². The number of aromatic nitrogens is 2. The molecule has 0 radical (unpaired) electrons. The van der Waals surface area contributed by atoms with Gasteiger partial charge in [0.1, 0.15) is 0 Å². The van der Waals surface area contributed by atoms with E-state index >= 15 is 0 Å². The Hall–Kier alpha value is -1.90. The normalized spacial score (nSPS) is 18.2. The molecule has 0 aliphatic heterocycles. The van der Waals surface area contributed by atoms with Crippen LogP contribution in [0.4, 0.5) is 5.69 Å². The molecular formula is C15H17N3. The van der Waals surface area contributed by atoms with Gasteiger partial charge in [-0.1, -0.05) is 6.07 Å². The summed E-state index contributed by atoms with van der Waals surface area (Å²) in [4.78, 5) is 9.10. The molecule has 18 heavy (non-hydrogen) atoms. The number of pyridine rings is 2. The van der Waals surface area contributed by atoms with Crippen LogP contribution in [-0.4, -0.2) is 17.0 Å². The van der Waals surface area contributed by atoms with E-state index < -0.39 is 0 Å². The summed E-state index contributed by atoms with van der Waals surface area (Å²) >= 11 is 0. The second-order valence-corrected chi connectivity index (χ2v) is 4.71. The Kier molecular flexibility index (Phi) is 2.97. The van der Waals surface area contributed by atoms with E-state index in [1.165, 1.54) is 17.7 Å². The van der Waals surface area contributed by atoms with Gasteiger partial charge in [-0.3, -0.25) is 9.97 Å². The summed E-state index contributed by atoms with van der Waals surface area (Å²) in [6, 6.07) is 8.34. The molecular weight excluding hydrogens is 222 g/mol. The molecule has 2 heterocycles. The van der Waals surface area contributed by atoms with Gasteiger partial charge in [-0.05, 0) is 43.0 Å². The van der Waals surface area contributed by atoms with E-state index in [1.807, 2.05) is 31.6 Å². The minimum Gasteiger partial charge on any atom is -0.388 e. The first kappa shape index (κ1) is 11.2. The summed E-state index contributed by atoms with van der Waals surface area (Å²) in [6.45, 7) is 0. The average molecular weight is 239 g/mol. The molecule has 1 aliphatic carbocycles. The molecule has 0 bridgehead atoms.